The van der Waals surface area contributed by atoms with Crippen molar-refractivity contribution in [1.82, 2.24) is 20.4 Å². The van der Waals surface area contributed by atoms with Crippen molar-refractivity contribution >= 4 is 11.6 Å². The van der Waals surface area contributed by atoms with Crippen molar-refractivity contribution in [1.29, 1.82) is 0 Å². The molecule has 4 aromatic rings. The summed E-state index contributed by atoms with van der Waals surface area (Å²) in [4.78, 5) is 12.3. The van der Waals surface area contributed by atoms with Gasteiger partial charge in [-0.25, -0.2) is 0 Å². The fourth-order valence-electron chi connectivity index (χ4n) is 2.34. The summed E-state index contributed by atoms with van der Waals surface area (Å²) in [6.45, 7) is 0. The number of furan rings is 1. The summed E-state index contributed by atoms with van der Waals surface area (Å²) in [5, 5.41) is 16.4. The first-order valence-electron chi connectivity index (χ1n) is 7.30. The highest BCUT2D eigenvalue weighted by Crippen LogP contribution is 2.20. The fourth-order valence-corrected chi connectivity index (χ4v) is 2.34. The van der Waals surface area contributed by atoms with Gasteiger partial charge in [-0.2, -0.15) is 10.2 Å². The lowest BCUT2D eigenvalue weighted by atomic mass is 10.1. The molecule has 0 bridgehead atoms. The molecule has 1 aromatic carbocycles. The van der Waals surface area contributed by atoms with Gasteiger partial charge in [0, 0.05) is 18.0 Å². The van der Waals surface area contributed by atoms with Gasteiger partial charge in [-0.15, -0.1) is 0 Å². The Morgan fingerprint density at radius 2 is 1.92 bits per heavy atom. The molecule has 0 radical (unpaired) electrons. The maximum atomic E-state index is 12.3. The Kier molecular flexibility index (Phi) is 3.43. The van der Waals surface area contributed by atoms with E-state index in [4.69, 9.17) is 4.42 Å². The highest BCUT2D eigenvalue weighted by atomic mass is 16.3. The Labute approximate surface area is 136 Å². The lowest BCUT2D eigenvalue weighted by Crippen LogP contribution is -2.12. The number of amides is 1. The number of nitrogens with one attached hydrogen (secondary N) is 3. The van der Waals surface area contributed by atoms with Crippen molar-refractivity contribution < 1.29 is 9.21 Å². The summed E-state index contributed by atoms with van der Waals surface area (Å²) in [7, 11) is 0. The molecule has 7 nitrogen and oxygen atoms in total. The maximum absolute atomic E-state index is 12.3. The van der Waals surface area contributed by atoms with Gasteiger partial charge in [-0.3, -0.25) is 15.0 Å². The average molecular weight is 319 g/mol. The van der Waals surface area contributed by atoms with E-state index >= 15 is 0 Å². The van der Waals surface area contributed by atoms with Crippen LogP contribution in [0.2, 0.25) is 0 Å². The van der Waals surface area contributed by atoms with Crippen LogP contribution in [0.4, 0.5) is 5.69 Å². The van der Waals surface area contributed by atoms with Crippen molar-refractivity contribution in [3.05, 3.63) is 66.7 Å². The molecule has 0 unspecified atom stereocenters. The van der Waals surface area contributed by atoms with E-state index in [-0.39, 0.29) is 5.91 Å². The zero-order valence-electron chi connectivity index (χ0n) is 12.5. The number of H-pyrrole nitrogens is 2. The lowest BCUT2D eigenvalue weighted by molar-refractivity contribution is 0.102. The van der Waals surface area contributed by atoms with Crippen LogP contribution in [-0.4, -0.2) is 26.3 Å². The van der Waals surface area contributed by atoms with Crippen molar-refractivity contribution in [2.24, 2.45) is 0 Å². The molecule has 24 heavy (non-hydrogen) atoms. The van der Waals surface area contributed by atoms with E-state index in [1.807, 2.05) is 30.3 Å². The Bertz CT molecular complexity index is 937. The van der Waals surface area contributed by atoms with Crippen LogP contribution in [0.15, 0.2) is 65.4 Å². The molecule has 0 atom stereocenters. The van der Waals surface area contributed by atoms with Gasteiger partial charge in [0.1, 0.15) is 5.69 Å². The van der Waals surface area contributed by atoms with Crippen LogP contribution in [0.25, 0.3) is 22.7 Å². The van der Waals surface area contributed by atoms with E-state index in [1.165, 1.54) is 0 Å². The van der Waals surface area contributed by atoms with Crippen LogP contribution < -0.4 is 5.32 Å². The monoisotopic (exact) mass is 319 g/mol. The maximum Gasteiger partial charge on any atom is 0.276 e. The van der Waals surface area contributed by atoms with Gasteiger partial charge in [-0.05, 0) is 35.9 Å². The third-order valence-electron chi connectivity index (χ3n) is 3.55. The van der Waals surface area contributed by atoms with E-state index in [1.54, 1.807) is 30.7 Å². The summed E-state index contributed by atoms with van der Waals surface area (Å²) >= 11 is 0. The number of aromatic nitrogens is 4. The highest BCUT2D eigenvalue weighted by Gasteiger charge is 2.13. The molecule has 0 fully saturated rings. The number of aromatic amines is 2. The van der Waals surface area contributed by atoms with E-state index in [2.05, 4.69) is 25.7 Å². The van der Waals surface area contributed by atoms with Crippen LogP contribution >= 0.6 is 0 Å². The van der Waals surface area contributed by atoms with Crippen LogP contribution in [0.1, 0.15) is 10.5 Å². The van der Waals surface area contributed by atoms with Crippen LogP contribution in [0, 0.1) is 0 Å². The molecule has 0 saturated heterocycles. The molecule has 1 amide bonds. The average Bonchev–Trinajstić information content (AvgIpc) is 3.35. The van der Waals surface area contributed by atoms with Crippen molar-refractivity contribution in [2.45, 2.75) is 0 Å². The van der Waals surface area contributed by atoms with Gasteiger partial charge in [0.2, 0.25) is 0 Å². The van der Waals surface area contributed by atoms with Crippen molar-refractivity contribution in [3.8, 4) is 22.7 Å². The summed E-state index contributed by atoms with van der Waals surface area (Å²) < 4.78 is 5.27. The molecular formula is C17H13N5O2. The zero-order valence-corrected chi connectivity index (χ0v) is 12.5. The topological polar surface area (TPSA) is 99.6 Å². The molecule has 7 heteroatoms. The smallest absolute Gasteiger partial charge is 0.276 e. The third kappa shape index (κ3) is 2.70. The molecule has 3 heterocycles. The number of hydrogen-bond acceptors (Lipinski definition) is 4. The fraction of sp³-hybridized carbons (Fsp3) is 0. The number of nitrogens with zero attached hydrogens (tertiary/aromatic N) is 2. The quantitative estimate of drug-likeness (QED) is 0.537. The molecule has 0 aliphatic heterocycles. The van der Waals surface area contributed by atoms with Crippen LogP contribution in [0.3, 0.4) is 0 Å². The molecular weight excluding hydrogens is 306 g/mol. The summed E-state index contributed by atoms with van der Waals surface area (Å²) in [5.74, 6) is 0.337. The summed E-state index contributed by atoms with van der Waals surface area (Å²) in [6.07, 6.45) is 3.26. The third-order valence-corrected chi connectivity index (χ3v) is 3.55. The second-order valence-electron chi connectivity index (χ2n) is 5.15. The number of benzene rings is 1. The Morgan fingerprint density at radius 1 is 1.04 bits per heavy atom. The molecule has 118 valence electrons. The van der Waals surface area contributed by atoms with E-state index in [0.29, 0.717) is 22.8 Å². The minimum atomic E-state index is -0.293. The summed E-state index contributed by atoms with van der Waals surface area (Å²) in [5.41, 5.74) is 3.54. The highest BCUT2D eigenvalue weighted by molar-refractivity contribution is 6.03. The standard InChI is InChI=1S/C17H13N5O2/c23-17(15-10-14(21-22-15)16-2-1-9-24-16)19-12-5-3-11(4-6-12)13-7-8-18-20-13/h1-10H,(H,18,20)(H,19,23)(H,21,22). The first-order valence-corrected chi connectivity index (χ1v) is 7.30. The second kappa shape index (κ2) is 5.88. The Morgan fingerprint density at radius 3 is 2.62 bits per heavy atom. The van der Waals surface area contributed by atoms with Gasteiger partial charge >= 0.3 is 0 Å². The van der Waals surface area contributed by atoms with Crippen LogP contribution in [-0.2, 0) is 0 Å². The number of hydrogen-bond donors (Lipinski definition) is 3. The first-order chi connectivity index (χ1) is 11.8. The Hall–Kier alpha value is -3.61. The number of anilines is 1. The van der Waals surface area contributed by atoms with Gasteiger partial charge in [-0.1, -0.05) is 12.1 Å². The molecule has 3 aromatic heterocycles. The molecule has 0 aliphatic rings. The molecule has 3 N–H and O–H groups in total. The minimum Gasteiger partial charge on any atom is -0.463 e. The van der Waals surface area contributed by atoms with Crippen LogP contribution in [0.5, 0.6) is 0 Å². The predicted molar refractivity (Wildman–Crippen MR) is 88.3 cm³/mol. The second-order valence-corrected chi connectivity index (χ2v) is 5.15. The summed E-state index contributed by atoms with van der Waals surface area (Å²) in [6, 6.07) is 14.6. The first kappa shape index (κ1) is 14.0. The SMILES string of the molecule is O=C(Nc1ccc(-c2ccn[nH]2)cc1)c1cc(-c2ccco2)[nH]n1. The number of carbonyl (C=O) groups is 1. The van der Waals surface area contributed by atoms with Gasteiger partial charge in [0.05, 0.1) is 12.0 Å². The van der Waals surface area contributed by atoms with E-state index in [9.17, 15) is 4.79 Å². The van der Waals surface area contributed by atoms with Crippen molar-refractivity contribution in [3.63, 3.8) is 0 Å². The zero-order chi connectivity index (χ0) is 16.4. The minimum absolute atomic E-state index is 0.291. The van der Waals surface area contributed by atoms with Gasteiger partial charge in [0.15, 0.2) is 11.5 Å². The largest absolute Gasteiger partial charge is 0.463 e. The van der Waals surface area contributed by atoms with Gasteiger partial charge in [0.25, 0.3) is 5.91 Å². The number of carbonyl (C=O) groups excluding carboxylic acids is 1. The number of rotatable bonds is 4. The van der Waals surface area contributed by atoms with E-state index < -0.39 is 0 Å². The molecule has 0 spiro atoms. The molecule has 4 rings (SSSR count). The Balaban J connectivity index is 1.48. The molecule has 0 aliphatic carbocycles. The van der Waals surface area contributed by atoms with Gasteiger partial charge < -0.3 is 9.73 Å². The lowest BCUT2D eigenvalue weighted by Gasteiger charge is -2.04. The van der Waals surface area contributed by atoms with Crippen molar-refractivity contribution in [2.75, 3.05) is 5.32 Å². The van der Waals surface area contributed by atoms with E-state index in [0.717, 1.165) is 11.3 Å². The molecule has 0 saturated carbocycles. The predicted octanol–water partition coefficient (Wildman–Crippen LogP) is 3.31. The normalized spacial score (nSPS) is 10.7.